The molecule has 0 saturated carbocycles. The second-order valence-electron chi connectivity index (χ2n) is 6.93. The molecule has 0 bridgehead atoms. The molecule has 3 rings (SSSR count). The predicted molar refractivity (Wildman–Crippen MR) is 98.9 cm³/mol. The van der Waals surface area contributed by atoms with Gasteiger partial charge in [-0.3, -0.25) is 9.36 Å². The van der Waals surface area contributed by atoms with E-state index in [4.69, 9.17) is 4.52 Å². The number of fused-ring (bicyclic) bond motifs is 1. The van der Waals surface area contributed by atoms with Gasteiger partial charge in [0, 0.05) is 12.0 Å². The molecule has 1 aromatic carbocycles. The SMILES string of the molecule is CCn1c(S[C@@H](C)c2nc(C(C)(C)C)no2)nc2ccccc2c1=O. The molecule has 0 aliphatic heterocycles. The zero-order chi connectivity index (χ0) is 18.2. The average molecular weight is 358 g/mol. The third-order valence-corrected chi connectivity index (χ3v) is 4.96. The summed E-state index contributed by atoms with van der Waals surface area (Å²) in [6.07, 6.45) is 0. The number of hydrogen-bond acceptors (Lipinski definition) is 6. The van der Waals surface area contributed by atoms with Crippen LogP contribution in [0.2, 0.25) is 0 Å². The van der Waals surface area contributed by atoms with Gasteiger partial charge in [-0.25, -0.2) is 4.98 Å². The van der Waals surface area contributed by atoms with E-state index < -0.39 is 0 Å². The first-order valence-corrected chi connectivity index (χ1v) is 9.19. The van der Waals surface area contributed by atoms with Crippen molar-refractivity contribution in [3.8, 4) is 0 Å². The second kappa shape index (κ2) is 6.63. The smallest absolute Gasteiger partial charge is 0.262 e. The van der Waals surface area contributed by atoms with Crippen molar-refractivity contribution in [3.05, 3.63) is 46.3 Å². The van der Waals surface area contributed by atoms with E-state index >= 15 is 0 Å². The summed E-state index contributed by atoms with van der Waals surface area (Å²) in [6.45, 7) is 10.6. The maximum Gasteiger partial charge on any atom is 0.262 e. The highest BCUT2D eigenvalue weighted by molar-refractivity contribution is 7.99. The van der Waals surface area contributed by atoms with Crippen molar-refractivity contribution >= 4 is 22.7 Å². The van der Waals surface area contributed by atoms with Gasteiger partial charge in [0.05, 0.1) is 16.2 Å². The minimum Gasteiger partial charge on any atom is -0.338 e. The van der Waals surface area contributed by atoms with E-state index in [2.05, 4.69) is 15.1 Å². The van der Waals surface area contributed by atoms with E-state index in [1.54, 1.807) is 4.57 Å². The number of hydrogen-bond donors (Lipinski definition) is 0. The second-order valence-corrected chi connectivity index (χ2v) is 8.24. The highest BCUT2D eigenvalue weighted by atomic mass is 32.2. The van der Waals surface area contributed by atoms with Gasteiger partial charge in [0.15, 0.2) is 11.0 Å². The summed E-state index contributed by atoms with van der Waals surface area (Å²) < 4.78 is 7.10. The Labute approximate surface area is 150 Å². The van der Waals surface area contributed by atoms with Crippen molar-refractivity contribution in [1.29, 1.82) is 0 Å². The van der Waals surface area contributed by atoms with Gasteiger partial charge in [-0.05, 0) is 26.0 Å². The van der Waals surface area contributed by atoms with Crippen LogP contribution < -0.4 is 5.56 Å². The summed E-state index contributed by atoms with van der Waals surface area (Å²) in [7, 11) is 0. The van der Waals surface area contributed by atoms with E-state index in [9.17, 15) is 4.79 Å². The molecule has 6 nitrogen and oxygen atoms in total. The van der Waals surface area contributed by atoms with Crippen LogP contribution in [0.25, 0.3) is 10.9 Å². The molecular weight excluding hydrogens is 336 g/mol. The van der Waals surface area contributed by atoms with Gasteiger partial charge in [-0.1, -0.05) is 49.8 Å². The predicted octanol–water partition coefficient (Wildman–Crippen LogP) is 3.95. The number of thioether (sulfide) groups is 1. The maximum atomic E-state index is 12.7. The fourth-order valence-electron chi connectivity index (χ4n) is 2.43. The lowest BCUT2D eigenvalue weighted by Gasteiger charge is -2.13. The van der Waals surface area contributed by atoms with Crippen LogP contribution in [0.5, 0.6) is 0 Å². The molecule has 0 unspecified atom stereocenters. The molecule has 2 heterocycles. The fraction of sp³-hybridized carbons (Fsp3) is 0.444. The Hall–Kier alpha value is -2.15. The Morgan fingerprint density at radius 2 is 1.96 bits per heavy atom. The topological polar surface area (TPSA) is 73.8 Å². The van der Waals surface area contributed by atoms with E-state index in [-0.39, 0.29) is 16.2 Å². The Bertz CT molecular complexity index is 956. The summed E-state index contributed by atoms with van der Waals surface area (Å²) in [5.41, 5.74) is 0.510. The fourth-order valence-corrected chi connectivity index (χ4v) is 3.43. The van der Waals surface area contributed by atoms with Crippen molar-refractivity contribution in [1.82, 2.24) is 19.7 Å². The maximum absolute atomic E-state index is 12.7. The zero-order valence-electron chi connectivity index (χ0n) is 15.1. The summed E-state index contributed by atoms with van der Waals surface area (Å²) in [5.74, 6) is 1.22. The van der Waals surface area contributed by atoms with E-state index in [0.717, 1.165) is 0 Å². The molecule has 0 fully saturated rings. The average Bonchev–Trinajstić information content (AvgIpc) is 3.06. The van der Waals surface area contributed by atoms with Crippen LogP contribution in [0.4, 0.5) is 0 Å². The molecule has 0 aliphatic rings. The van der Waals surface area contributed by atoms with Crippen LogP contribution in [0.15, 0.2) is 38.7 Å². The van der Waals surface area contributed by atoms with Crippen LogP contribution in [-0.2, 0) is 12.0 Å². The lowest BCUT2D eigenvalue weighted by Crippen LogP contribution is -2.22. The first kappa shape index (κ1) is 17.7. The number of para-hydroxylation sites is 1. The monoisotopic (exact) mass is 358 g/mol. The standard InChI is InChI=1S/C18H22N4O2S/c1-6-22-15(23)12-9-7-8-10-13(12)19-17(22)25-11(2)14-20-16(21-24-14)18(3,4)5/h7-11H,6H2,1-5H3/t11-/m0/s1. The third kappa shape index (κ3) is 3.46. The van der Waals surface area contributed by atoms with Gasteiger partial charge < -0.3 is 4.52 Å². The summed E-state index contributed by atoms with van der Waals surface area (Å²) in [4.78, 5) is 21.9. The van der Waals surface area contributed by atoms with Gasteiger partial charge in [-0.15, -0.1) is 0 Å². The Kier molecular flexibility index (Phi) is 4.69. The summed E-state index contributed by atoms with van der Waals surface area (Å²) in [5, 5.41) is 5.26. The zero-order valence-corrected chi connectivity index (χ0v) is 15.9. The summed E-state index contributed by atoms with van der Waals surface area (Å²) in [6, 6.07) is 7.40. The van der Waals surface area contributed by atoms with E-state index in [1.165, 1.54) is 11.8 Å². The van der Waals surface area contributed by atoms with Crippen molar-refractivity contribution < 1.29 is 4.52 Å². The Balaban J connectivity index is 1.97. The molecule has 132 valence electrons. The van der Waals surface area contributed by atoms with Crippen LogP contribution in [0.1, 0.15) is 51.6 Å². The van der Waals surface area contributed by atoms with Crippen molar-refractivity contribution in [2.24, 2.45) is 0 Å². The van der Waals surface area contributed by atoms with E-state index in [0.29, 0.717) is 34.3 Å². The number of aromatic nitrogens is 4. The highest BCUT2D eigenvalue weighted by Crippen LogP contribution is 2.34. The van der Waals surface area contributed by atoms with Gasteiger partial charge >= 0.3 is 0 Å². The van der Waals surface area contributed by atoms with Crippen LogP contribution in [0, 0.1) is 0 Å². The van der Waals surface area contributed by atoms with Crippen LogP contribution in [-0.4, -0.2) is 19.7 Å². The molecule has 7 heteroatoms. The van der Waals surface area contributed by atoms with Crippen LogP contribution in [0.3, 0.4) is 0 Å². The van der Waals surface area contributed by atoms with Crippen molar-refractivity contribution in [2.75, 3.05) is 0 Å². The van der Waals surface area contributed by atoms with Gasteiger partial charge in [0.2, 0.25) is 5.89 Å². The largest absolute Gasteiger partial charge is 0.338 e. The van der Waals surface area contributed by atoms with Gasteiger partial charge in [-0.2, -0.15) is 4.98 Å². The normalized spacial score (nSPS) is 13.3. The quantitative estimate of drug-likeness (QED) is 0.519. The van der Waals surface area contributed by atoms with Crippen molar-refractivity contribution in [2.45, 2.75) is 57.0 Å². The molecule has 0 saturated heterocycles. The molecule has 0 amide bonds. The number of benzene rings is 1. The lowest BCUT2D eigenvalue weighted by atomic mass is 9.96. The molecule has 0 radical (unpaired) electrons. The van der Waals surface area contributed by atoms with Crippen LogP contribution >= 0.6 is 11.8 Å². The number of nitrogens with zero attached hydrogens (tertiary/aromatic N) is 4. The Morgan fingerprint density at radius 1 is 1.24 bits per heavy atom. The number of rotatable bonds is 4. The minimum atomic E-state index is -0.168. The lowest BCUT2D eigenvalue weighted by molar-refractivity contribution is 0.364. The molecule has 3 aromatic rings. The molecule has 1 atom stereocenters. The van der Waals surface area contributed by atoms with Gasteiger partial charge in [0.25, 0.3) is 5.56 Å². The Morgan fingerprint density at radius 3 is 2.60 bits per heavy atom. The summed E-state index contributed by atoms with van der Waals surface area (Å²) >= 11 is 1.46. The first-order valence-electron chi connectivity index (χ1n) is 8.31. The molecule has 0 aliphatic carbocycles. The molecule has 25 heavy (non-hydrogen) atoms. The molecular formula is C18H22N4O2S. The molecule has 0 spiro atoms. The van der Waals surface area contributed by atoms with E-state index in [1.807, 2.05) is 58.9 Å². The van der Waals surface area contributed by atoms with Crippen molar-refractivity contribution in [3.63, 3.8) is 0 Å². The third-order valence-electron chi connectivity index (χ3n) is 3.89. The minimum absolute atomic E-state index is 0.0243. The first-order chi connectivity index (χ1) is 11.8. The molecule has 0 N–H and O–H groups in total. The molecule has 2 aromatic heterocycles. The van der Waals surface area contributed by atoms with Gasteiger partial charge in [0.1, 0.15) is 0 Å². The highest BCUT2D eigenvalue weighted by Gasteiger charge is 2.24.